The molecule has 0 fully saturated rings. The van der Waals surface area contributed by atoms with E-state index >= 15 is 0 Å². The van der Waals surface area contributed by atoms with Crippen LogP contribution in [0, 0.1) is 0 Å². The summed E-state index contributed by atoms with van der Waals surface area (Å²) in [7, 11) is 1.30. The van der Waals surface area contributed by atoms with Gasteiger partial charge in [0, 0.05) is 26.8 Å². The SMILES string of the molecule is CCOc1ccc([C@@H]2C(C(=O)OC)=CN=c3s/c(=C\c4cc(Br)ccc4OCc4ccccc4Cl)c(=O)n32)cc1OCC. The maximum absolute atomic E-state index is 14.0. The Kier molecular flexibility index (Phi) is 9.69. The number of methoxy groups -OCH3 is 1. The third-order valence-corrected chi connectivity index (χ3v) is 8.47. The van der Waals surface area contributed by atoms with Gasteiger partial charge < -0.3 is 18.9 Å². The number of hydrogen-bond acceptors (Lipinski definition) is 8. The number of nitrogens with zero attached hydrogens (tertiary/aromatic N) is 2. The van der Waals surface area contributed by atoms with Crippen molar-refractivity contribution in [2.24, 2.45) is 4.99 Å². The zero-order valence-electron chi connectivity index (χ0n) is 23.6. The minimum absolute atomic E-state index is 0.222. The van der Waals surface area contributed by atoms with Gasteiger partial charge in [-0.3, -0.25) is 9.36 Å². The lowest BCUT2D eigenvalue weighted by atomic mass is 9.97. The fourth-order valence-electron chi connectivity index (χ4n) is 4.66. The van der Waals surface area contributed by atoms with Gasteiger partial charge in [0.1, 0.15) is 12.4 Å². The Labute approximate surface area is 265 Å². The topological polar surface area (TPSA) is 88.4 Å². The quantitative estimate of drug-likeness (QED) is 0.196. The highest BCUT2D eigenvalue weighted by molar-refractivity contribution is 9.10. The van der Waals surface area contributed by atoms with Crippen LogP contribution in [-0.4, -0.2) is 30.9 Å². The van der Waals surface area contributed by atoms with E-state index < -0.39 is 12.0 Å². The van der Waals surface area contributed by atoms with Gasteiger partial charge in [0.05, 0.1) is 36.5 Å². The van der Waals surface area contributed by atoms with Crippen LogP contribution >= 0.6 is 38.9 Å². The molecule has 0 aliphatic carbocycles. The summed E-state index contributed by atoms with van der Waals surface area (Å²) in [4.78, 5) is 31.8. The van der Waals surface area contributed by atoms with Crippen LogP contribution in [0.4, 0.5) is 0 Å². The summed E-state index contributed by atoms with van der Waals surface area (Å²) >= 11 is 11.1. The molecule has 1 atom stereocenters. The monoisotopic (exact) mass is 682 g/mol. The first-order chi connectivity index (χ1) is 20.8. The Morgan fingerprint density at radius 1 is 1.02 bits per heavy atom. The number of carbonyl (C=O) groups is 1. The van der Waals surface area contributed by atoms with E-state index in [0.717, 1.165) is 10.0 Å². The molecule has 0 unspecified atom stereocenters. The molecule has 0 amide bonds. The van der Waals surface area contributed by atoms with E-state index in [4.69, 9.17) is 30.5 Å². The highest BCUT2D eigenvalue weighted by atomic mass is 79.9. The number of ether oxygens (including phenoxy) is 4. The van der Waals surface area contributed by atoms with Gasteiger partial charge in [-0.25, -0.2) is 9.79 Å². The number of aromatic nitrogens is 1. The molecule has 8 nitrogen and oxygen atoms in total. The van der Waals surface area contributed by atoms with Gasteiger partial charge in [-0.15, -0.1) is 0 Å². The fourth-order valence-corrected chi connectivity index (χ4v) is 6.19. The van der Waals surface area contributed by atoms with Gasteiger partial charge in [-0.05, 0) is 61.9 Å². The van der Waals surface area contributed by atoms with Gasteiger partial charge in [0.25, 0.3) is 5.56 Å². The number of carbonyl (C=O) groups excluding carboxylic acids is 1. The lowest BCUT2D eigenvalue weighted by molar-refractivity contribution is -0.136. The summed E-state index contributed by atoms with van der Waals surface area (Å²) in [5, 5.41) is 0.609. The molecule has 11 heteroatoms. The minimum Gasteiger partial charge on any atom is -0.490 e. The predicted octanol–water partition coefficient (Wildman–Crippen LogP) is 5.81. The summed E-state index contributed by atoms with van der Waals surface area (Å²) in [6.45, 7) is 4.89. The number of hydrogen-bond donors (Lipinski definition) is 0. The third-order valence-electron chi connectivity index (χ3n) is 6.61. The van der Waals surface area contributed by atoms with Crippen molar-refractivity contribution in [3.05, 3.63) is 118 Å². The van der Waals surface area contributed by atoms with Crippen molar-refractivity contribution in [1.29, 1.82) is 0 Å². The second-order valence-corrected chi connectivity index (χ2v) is 11.6. The van der Waals surface area contributed by atoms with E-state index in [-0.39, 0.29) is 17.7 Å². The lowest BCUT2D eigenvalue weighted by Gasteiger charge is -2.23. The van der Waals surface area contributed by atoms with E-state index in [0.29, 0.717) is 55.9 Å². The first-order valence-electron chi connectivity index (χ1n) is 13.5. The Morgan fingerprint density at radius 3 is 2.51 bits per heavy atom. The average Bonchev–Trinajstić information content (AvgIpc) is 3.32. The molecular weight excluding hydrogens is 656 g/mol. The molecule has 0 saturated heterocycles. The zero-order chi connectivity index (χ0) is 30.5. The number of rotatable bonds is 10. The molecule has 3 aromatic carbocycles. The molecule has 0 bridgehead atoms. The summed E-state index contributed by atoms with van der Waals surface area (Å²) in [6.07, 6.45) is 3.22. The number of esters is 1. The van der Waals surface area contributed by atoms with E-state index in [1.54, 1.807) is 18.2 Å². The van der Waals surface area contributed by atoms with Crippen molar-refractivity contribution in [3.8, 4) is 17.2 Å². The maximum atomic E-state index is 14.0. The van der Waals surface area contributed by atoms with Gasteiger partial charge in [-0.2, -0.15) is 0 Å². The third kappa shape index (κ3) is 6.56. The fraction of sp³-hybridized carbons (Fsp3) is 0.219. The van der Waals surface area contributed by atoms with Gasteiger partial charge in [-0.1, -0.05) is 63.1 Å². The van der Waals surface area contributed by atoms with Crippen molar-refractivity contribution >= 4 is 50.9 Å². The molecule has 1 aliphatic rings. The molecule has 0 spiro atoms. The number of fused-ring (bicyclic) bond motifs is 1. The molecule has 43 heavy (non-hydrogen) atoms. The highest BCUT2D eigenvalue weighted by Crippen LogP contribution is 2.35. The average molecular weight is 684 g/mol. The smallest absolute Gasteiger partial charge is 0.337 e. The number of benzene rings is 3. The molecule has 0 radical (unpaired) electrons. The van der Waals surface area contributed by atoms with Crippen LogP contribution in [0.3, 0.4) is 0 Å². The van der Waals surface area contributed by atoms with Crippen LogP contribution in [0.15, 0.2) is 86.7 Å². The van der Waals surface area contributed by atoms with Gasteiger partial charge >= 0.3 is 5.97 Å². The van der Waals surface area contributed by atoms with E-state index in [1.807, 2.05) is 62.4 Å². The lowest BCUT2D eigenvalue weighted by Crippen LogP contribution is -2.39. The molecule has 1 aromatic heterocycles. The maximum Gasteiger partial charge on any atom is 0.337 e. The van der Waals surface area contributed by atoms with Crippen molar-refractivity contribution in [2.45, 2.75) is 26.5 Å². The molecule has 2 heterocycles. The van der Waals surface area contributed by atoms with Crippen LogP contribution in [-0.2, 0) is 16.1 Å². The molecule has 222 valence electrons. The predicted molar refractivity (Wildman–Crippen MR) is 170 cm³/mol. The second-order valence-electron chi connectivity index (χ2n) is 9.31. The van der Waals surface area contributed by atoms with Crippen LogP contribution in [0.25, 0.3) is 6.08 Å². The summed E-state index contributed by atoms with van der Waals surface area (Å²) in [5.74, 6) is 1.08. The van der Waals surface area contributed by atoms with Crippen LogP contribution in [0.2, 0.25) is 5.02 Å². The Bertz CT molecular complexity index is 1880. The minimum atomic E-state index is -0.792. The first kappa shape index (κ1) is 30.6. The van der Waals surface area contributed by atoms with Crippen LogP contribution in [0.5, 0.6) is 17.2 Å². The molecule has 5 rings (SSSR count). The normalized spacial score (nSPS) is 14.4. The van der Waals surface area contributed by atoms with Crippen molar-refractivity contribution in [3.63, 3.8) is 0 Å². The van der Waals surface area contributed by atoms with Gasteiger partial charge in [0.2, 0.25) is 0 Å². The summed E-state index contributed by atoms with van der Waals surface area (Å²) < 4.78 is 25.5. The zero-order valence-corrected chi connectivity index (χ0v) is 26.8. The van der Waals surface area contributed by atoms with E-state index in [9.17, 15) is 9.59 Å². The highest BCUT2D eigenvalue weighted by Gasteiger charge is 2.31. The largest absolute Gasteiger partial charge is 0.490 e. The van der Waals surface area contributed by atoms with Crippen molar-refractivity contribution < 1.29 is 23.7 Å². The number of halogens is 2. The molecule has 0 saturated carbocycles. The molecule has 1 aliphatic heterocycles. The second kappa shape index (κ2) is 13.6. The standard InChI is InChI=1S/C32H28BrClN2O6S/c1-4-40-26-12-10-19(15-27(26)41-5-2)29-23(31(38)39-3)17-35-32-36(29)30(37)28(43-32)16-21-14-22(33)11-13-25(21)42-18-20-8-6-7-9-24(20)34/h6-17,29H,4-5,18H2,1-3H3/b28-16-/t29-/m1/s1. The molecular formula is C32H28BrClN2O6S. The van der Waals surface area contributed by atoms with E-state index in [2.05, 4.69) is 20.9 Å². The van der Waals surface area contributed by atoms with Crippen molar-refractivity contribution in [1.82, 2.24) is 4.57 Å². The van der Waals surface area contributed by atoms with E-state index in [1.165, 1.54) is 29.2 Å². The van der Waals surface area contributed by atoms with Gasteiger partial charge in [0.15, 0.2) is 16.3 Å². The van der Waals surface area contributed by atoms with Crippen molar-refractivity contribution in [2.75, 3.05) is 20.3 Å². The Balaban J connectivity index is 1.61. The summed E-state index contributed by atoms with van der Waals surface area (Å²) in [5.41, 5.74) is 2.09. The summed E-state index contributed by atoms with van der Waals surface area (Å²) in [6, 6.07) is 17.6. The Morgan fingerprint density at radius 2 is 1.77 bits per heavy atom. The van der Waals surface area contributed by atoms with Crippen LogP contribution in [0.1, 0.15) is 36.6 Å². The molecule has 4 aromatic rings. The first-order valence-corrected chi connectivity index (χ1v) is 15.5. The molecule has 0 N–H and O–H groups in total. The Hall–Kier alpha value is -3.86. The number of thiazole rings is 1. The van der Waals surface area contributed by atoms with Crippen LogP contribution < -0.4 is 29.1 Å².